The van der Waals surface area contributed by atoms with Gasteiger partial charge in [-0.1, -0.05) is 30.3 Å². The third-order valence-electron chi connectivity index (χ3n) is 3.27. The summed E-state index contributed by atoms with van der Waals surface area (Å²) in [6, 6.07) is 10.4. The lowest BCUT2D eigenvalue weighted by atomic mass is 10.1. The summed E-state index contributed by atoms with van der Waals surface area (Å²) in [7, 11) is 0. The zero-order valence-corrected chi connectivity index (χ0v) is 10.1. The van der Waals surface area contributed by atoms with E-state index in [9.17, 15) is 4.79 Å². The normalized spacial score (nSPS) is 21.4. The van der Waals surface area contributed by atoms with E-state index in [1.807, 2.05) is 35.2 Å². The Morgan fingerprint density at radius 2 is 2.18 bits per heavy atom. The molecular formula is C13H19N3O. The second kappa shape index (κ2) is 5.19. The Labute approximate surface area is 102 Å². The fourth-order valence-corrected chi connectivity index (χ4v) is 2.23. The summed E-state index contributed by atoms with van der Waals surface area (Å²) in [4.78, 5) is 13.7. The van der Waals surface area contributed by atoms with Crippen LogP contribution in [-0.4, -0.2) is 30.1 Å². The minimum absolute atomic E-state index is 0.0137. The standard InChI is InChI=1S/C13H19N3O/c1-10(11-5-3-2-4-6-11)16-9-12(7-8-14)15-13(16)17/h2-6,10,12H,7-9,14H2,1H3,(H,15,17). The molecule has 92 valence electrons. The van der Waals surface area contributed by atoms with Gasteiger partial charge in [-0.2, -0.15) is 0 Å². The first-order valence-corrected chi connectivity index (χ1v) is 6.04. The van der Waals surface area contributed by atoms with Crippen molar-refractivity contribution >= 4 is 6.03 Å². The van der Waals surface area contributed by atoms with E-state index in [4.69, 9.17) is 5.73 Å². The van der Waals surface area contributed by atoms with Gasteiger partial charge >= 0.3 is 6.03 Å². The Morgan fingerprint density at radius 1 is 1.47 bits per heavy atom. The molecule has 2 amide bonds. The molecule has 0 aromatic heterocycles. The first-order chi connectivity index (χ1) is 8.22. The van der Waals surface area contributed by atoms with Gasteiger partial charge in [0.15, 0.2) is 0 Å². The van der Waals surface area contributed by atoms with E-state index >= 15 is 0 Å². The fraction of sp³-hybridized carbons (Fsp3) is 0.462. The van der Waals surface area contributed by atoms with Crippen LogP contribution in [-0.2, 0) is 0 Å². The zero-order valence-electron chi connectivity index (χ0n) is 10.1. The van der Waals surface area contributed by atoms with Gasteiger partial charge in [-0.3, -0.25) is 0 Å². The van der Waals surface area contributed by atoms with Gasteiger partial charge in [0, 0.05) is 12.6 Å². The smallest absolute Gasteiger partial charge is 0.318 e. The van der Waals surface area contributed by atoms with Gasteiger partial charge in [-0.05, 0) is 25.5 Å². The lowest BCUT2D eigenvalue weighted by molar-refractivity contribution is 0.202. The molecule has 2 unspecified atom stereocenters. The third kappa shape index (κ3) is 2.58. The molecule has 0 aliphatic carbocycles. The largest absolute Gasteiger partial charge is 0.333 e. The number of amides is 2. The van der Waals surface area contributed by atoms with E-state index in [2.05, 4.69) is 12.2 Å². The molecular weight excluding hydrogens is 214 g/mol. The molecule has 3 N–H and O–H groups in total. The molecule has 2 rings (SSSR count). The van der Waals surface area contributed by atoms with Crippen molar-refractivity contribution in [2.24, 2.45) is 5.73 Å². The number of carbonyl (C=O) groups excluding carboxylic acids is 1. The Hall–Kier alpha value is -1.55. The van der Waals surface area contributed by atoms with E-state index in [1.165, 1.54) is 0 Å². The highest BCUT2D eigenvalue weighted by atomic mass is 16.2. The first kappa shape index (κ1) is 11.9. The van der Waals surface area contributed by atoms with Crippen molar-refractivity contribution in [2.45, 2.75) is 25.4 Å². The number of nitrogens with zero attached hydrogens (tertiary/aromatic N) is 1. The van der Waals surface area contributed by atoms with Gasteiger partial charge in [-0.25, -0.2) is 4.79 Å². The number of urea groups is 1. The van der Waals surface area contributed by atoms with Crippen LogP contribution in [0, 0.1) is 0 Å². The molecule has 0 bridgehead atoms. The van der Waals surface area contributed by atoms with Crippen LogP contribution in [0.25, 0.3) is 0 Å². The molecule has 0 radical (unpaired) electrons. The van der Waals surface area contributed by atoms with E-state index < -0.39 is 0 Å². The maximum Gasteiger partial charge on any atom is 0.318 e. The Bertz CT molecular complexity index is 380. The van der Waals surface area contributed by atoms with E-state index in [0.29, 0.717) is 6.54 Å². The van der Waals surface area contributed by atoms with E-state index in [1.54, 1.807) is 0 Å². The highest BCUT2D eigenvalue weighted by Gasteiger charge is 2.31. The SMILES string of the molecule is CC(c1ccccc1)N1CC(CCN)NC1=O. The summed E-state index contributed by atoms with van der Waals surface area (Å²) in [6.45, 7) is 3.41. The molecule has 17 heavy (non-hydrogen) atoms. The first-order valence-electron chi connectivity index (χ1n) is 6.04. The van der Waals surface area contributed by atoms with Crippen LogP contribution in [0.4, 0.5) is 4.79 Å². The molecule has 4 heteroatoms. The van der Waals surface area contributed by atoms with Gasteiger partial charge in [0.2, 0.25) is 0 Å². The maximum atomic E-state index is 11.8. The molecule has 1 aliphatic rings. The predicted molar refractivity (Wildman–Crippen MR) is 67.6 cm³/mol. The number of benzene rings is 1. The van der Waals surface area contributed by atoms with Crippen molar-refractivity contribution in [3.63, 3.8) is 0 Å². The number of hydrogen-bond acceptors (Lipinski definition) is 2. The molecule has 1 aromatic carbocycles. The zero-order chi connectivity index (χ0) is 12.3. The molecule has 1 aliphatic heterocycles. The Kier molecular flexibility index (Phi) is 3.64. The number of nitrogens with two attached hydrogens (primary N) is 1. The minimum Gasteiger partial charge on any atom is -0.333 e. The maximum absolute atomic E-state index is 11.8. The van der Waals surface area contributed by atoms with Gasteiger partial charge in [0.05, 0.1) is 6.04 Å². The van der Waals surface area contributed by atoms with Crippen molar-refractivity contribution in [2.75, 3.05) is 13.1 Å². The summed E-state index contributed by atoms with van der Waals surface area (Å²) >= 11 is 0. The predicted octanol–water partition coefficient (Wildman–Crippen LogP) is 1.49. The van der Waals surface area contributed by atoms with Crippen LogP contribution in [0.15, 0.2) is 30.3 Å². The lowest BCUT2D eigenvalue weighted by Crippen LogP contribution is -2.31. The Morgan fingerprint density at radius 3 is 2.82 bits per heavy atom. The summed E-state index contributed by atoms with van der Waals surface area (Å²) in [5, 5.41) is 2.96. The van der Waals surface area contributed by atoms with Crippen molar-refractivity contribution in [3.05, 3.63) is 35.9 Å². The highest BCUT2D eigenvalue weighted by Crippen LogP contribution is 2.23. The van der Waals surface area contributed by atoms with Crippen molar-refractivity contribution < 1.29 is 4.79 Å². The average Bonchev–Trinajstić information content (AvgIpc) is 2.71. The molecule has 1 saturated heterocycles. The van der Waals surface area contributed by atoms with Crippen molar-refractivity contribution in [3.8, 4) is 0 Å². The molecule has 1 heterocycles. The number of nitrogens with one attached hydrogen (secondary N) is 1. The summed E-state index contributed by atoms with van der Waals surface area (Å²) in [5.41, 5.74) is 6.68. The van der Waals surface area contributed by atoms with Crippen LogP contribution >= 0.6 is 0 Å². The van der Waals surface area contributed by atoms with Crippen LogP contribution in [0.1, 0.15) is 24.9 Å². The topological polar surface area (TPSA) is 58.4 Å². The highest BCUT2D eigenvalue weighted by molar-refractivity contribution is 5.77. The number of hydrogen-bond donors (Lipinski definition) is 2. The second-order valence-corrected chi connectivity index (χ2v) is 4.46. The van der Waals surface area contributed by atoms with E-state index in [0.717, 1.165) is 18.5 Å². The van der Waals surface area contributed by atoms with Gasteiger partial charge in [0.1, 0.15) is 0 Å². The summed E-state index contributed by atoms with van der Waals surface area (Å²) in [6.07, 6.45) is 0.837. The molecule has 2 atom stereocenters. The summed E-state index contributed by atoms with van der Waals surface area (Å²) < 4.78 is 0. The molecule has 1 fully saturated rings. The second-order valence-electron chi connectivity index (χ2n) is 4.46. The van der Waals surface area contributed by atoms with Crippen molar-refractivity contribution in [1.82, 2.24) is 10.2 Å². The van der Waals surface area contributed by atoms with Crippen LogP contribution in [0.2, 0.25) is 0 Å². The Balaban J connectivity index is 2.06. The monoisotopic (exact) mass is 233 g/mol. The molecule has 0 saturated carbocycles. The molecule has 1 aromatic rings. The van der Waals surface area contributed by atoms with Gasteiger partial charge in [0.25, 0.3) is 0 Å². The third-order valence-corrected chi connectivity index (χ3v) is 3.27. The quantitative estimate of drug-likeness (QED) is 0.827. The van der Waals surface area contributed by atoms with E-state index in [-0.39, 0.29) is 18.1 Å². The molecule has 4 nitrogen and oxygen atoms in total. The van der Waals surface area contributed by atoms with Gasteiger partial charge in [-0.15, -0.1) is 0 Å². The van der Waals surface area contributed by atoms with Crippen LogP contribution in [0.3, 0.4) is 0 Å². The van der Waals surface area contributed by atoms with Crippen LogP contribution in [0.5, 0.6) is 0 Å². The minimum atomic E-state index is 0.0137. The molecule has 0 spiro atoms. The van der Waals surface area contributed by atoms with Crippen molar-refractivity contribution in [1.29, 1.82) is 0 Å². The number of rotatable bonds is 4. The van der Waals surface area contributed by atoms with Gasteiger partial charge < -0.3 is 16.0 Å². The average molecular weight is 233 g/mol. The number of carbonyl (C=O) groups is 1. The fourth-order valence-electron chi connectivity index (χ4n) is 2.23. The summed E-state index contributed by atoms with van der Waals surface area (Å²) in [5.74, 6) is 0. The van der Waals surface area contributed by atoms with Crippen LogP contribution < -0.4 is 11.1 Å². The lowest BCUT2D eigenvalue weighted by Gasteiger charge is -2.23.